The summed E-state index contributed by atoms with van der Waals surface area (Å²) in [6, 6.07) is 10.7. The molecule has 0 fully saturated rings. The summed E-state index contributed by atoms with van der Waals surface area (Å²) in [4.78, 5) is 9.59. The van der Waals surface area contributed by atoms with Crippen molar-refractivity contribution in [2.24, 2.45) is 7.05 Å². The van der Waals surface area contributed by atoms with E-state index in [1.54, 1.807) is 0 Å². The third kappa shape index (κ3) is 2.08. The summed E-state index contributed by atoms with van der Waals surface area (Å²) < 4.78 is 2.07. The van der Waals surface area contributed by atoms with Crippen molar-refractivity contribution in [3.8, 4) is 11.3 Å². The number of benzene rings is 2. The Kier molecular flexibility index (Phi) is 2.98. The van der Waals surface area contributed by atoms with Gasteiger partial charge in [-0.2, -0.15) is 5.10 Å². The van der Waals surface area contributed by atoms with Crippen molar-refractivity contribution in [2.45, 2.75) is 25.7 Å². The molecule has 1 aliphatic rings. The van der Waals surface area contributed by atoms with Crippen molar-refractivity contribution in [1.29, 1.82) is 0 Å². The first-order valence-electron chi connectivity index (χ1n) is 9.48. The van der Waals surface area contributed by atoms with E-state index < -0.39 is 0 Å². The summed E-state index contributed by atoms with van der Waals surface area (Å²) in [5.41, 5.74) is 9.48. The molecule has 0 radical (unpaired) electrons. The van der Waals surface area contributed by atoms with Crippen molar-refractivity contribution >= 4 is 32.8 Å². The van der Waals surface area contributed by atoms with Crippen LogP contribution >= 0.6 is 0 Å². The van der Waals surface area contributed by atoms with Crippen LogP contribution in [0.15, 0.2) is 42.9 Å². The van der Waals surface area contributed by atoms with Crippen molar-refractivity contribution in [3.05, 3.63) is 54.0 Å². The van der Waals surface area contributed by atoms with Gasteiger partial charge in [0.2, 0.25) is 0 Å². The zero-order valence-corrected chi connectivity index (χ0v) is 15.2. The van der Waals surface area contributed by atoms with Crippen LogP contribution in [0.5, 0.6) is 0 Å². The minimum atomic E-state index is 1.02. The van der Waals surface area contributed by atoms with Crippen LogP contribution in [0.25, 0.3) is 44.1 Å². The molecular weight excluding hydrogens is 334 g/mol. The highest BCUT2D eigenvalue weighted by Gasteiger charge is 2.21. The van der Waals surface area contributed by atoms with Crippen LogP contribution in [0, 0.1) is 0 Å². The van der Waals surface area contributed by atoms with Gasteiger partial charge >= 0.3 is 0 Å². The van der Waals surface area contributed by atoms with Crippen molar-refractivity contribution in [2.75, 3.05) is 0 Å². The van der Waals surface area contributed by atoms with Crippen molar-refractivity contribution in [3.63, 3.8) is 0 Å². The molecule has 3 aromatic heterocycles. The van der Waals surface area contributed by atoms with Crippen LogP contribution < -0.4 is 0 Å². The highest BCUT2D eigenvalue weighted by molar-refractivity contribution is 6.07. The summed E-state index contributed by atoms with van der Waals surface area (Å²) in [6.45, 7) is 0. The molecule has 0 saturated carbocycles. The number of hydrogen-bond acceptors (Lipinski definition) is 3. The maximum Gasteiger partial charge on any atom is 0.0955 e. The molecule has 5 heteroatoms. The van der Waals surface area contributed by atoms with Gasteiger partial charge < -0.3 is 4.57 Å². The molecule has 1 aliphatic carbocycles. The third-order valence-corrected chi connectivity index (χ3v) is 5.89. The Hall–Kier alpha value is -3.21. The zero-order valence-electron chi connectivity index (χ0n) is 15.2. The first-order chi connectivity index (χ1) is 13.3. The molecule has 0 spiro atoms. The van der Waals surface area contributed by atoms with Gasteiger partial charge in [0.1, 0.15) is 0 Å². The maximum absolute atomic E-state index is 5.14. The number of rotatable bonds is 1. The minimum absolute atomic E-state index is 1.02. The third-order valence-electron chi connectivity index (χ3n) is 5.89. The average molecular weight is 353 g/mol. The van der Waals surface area contributed by atoms with Crippen LogP contribution in [-0.2, 0) is 19.9 Å². The molecule has 2 aromatic carbocycles. The summed E-state index contributed by atoms with van der Waals surface area (Å²) in [7, 11) is 2.04. The molecule has 0 saturated heterocycles. The molecule has 0 unspecified atom stereocenters. The molecule has 27 heavy (non-hydrogen) atoms. The second-order valence-corrected chi connectivity index (χ2v) is 7.47. The molecule has 0 amide bonds. The Morgan fingerprint density at radius 2 is 1.85 bits per heavy atom. The standard InChI is InChI=1S/C22H19N5/c1-27-12-23-18-7-6-13(10-20(18)27)22-15-5-3-2-4-14(15)21-16-11-24-26-17(16)8-9-19(21)25-22/h6-12H,2-5H2,1H3,(H,24,26). The number of aromatic amines is 1. The first-order valence-corrected chi connectivity index (χ1v) is 9.48. The van der Waals surface area contributed by atoms with E-state index in [0.29, 0.717) is 0 Å². The summed E-state index contributed by atoms with van der Waals surface area (Å²) >= 11 is 0. The van der Waals surface area contributed by atoms with Gasteiger partial charge in [-0.3, -0.25) is 5.10 Å². The predicted molar refractivity (Wildman–Crippen MR) is 108 cm³/mol. The van der Waals surface area contributed by atoms with Crippen LogP contribution in [0.3, 0.4) is 0 Å². The van der Waals surface area contributed by atoms with Gasteiger partial charge in [0.15, 0.2) is 0 Å². The number of H-pyrrole nitrogens is 1. The van der Waals surface area contributed by atoms with E-state index in [1.807, 2.05) is 19.6 Å². The molecule has 5 nitrogen and oxygen atoms in total. The largest absolute Gasteiger partial charge is 0.334 e. The number of aryl methyl sites for hydroxylation is 2. The number of hydrogen-bond donors (Lipinski definition) is 1. The van der Waals surface area contributed by atoms with Gasteiger partial charge in [-0.05, 0) is 61.1 Å². The lowest BCUT2D eigenvalue weighted by atomic mass is 9.85. The molecule has 6 rings (SSSR count). The lowest BCUT2D eigenvalue weighted by Crippen LogP contribution is -2.08. The molecule has 1 N–H and O–H groups in total. The lowest BCUT2D eigenvalue weighted by molar-refractivity contribution is 0.689. The number of nitrogens with zero attached hydrogens (tertiary/aromatic N) is 4. The van der Waals surface area contributed by atoms with E-state index in [0.717, 1.165) is 40.6 Å². The summed E-state index contributed by atoms with van der Waals surface area (Å²) in [6.07, 6.45) is 8.47. The van der Waals surface area contributed by atoms with E-state index in [4.69, 9.17) is 4.98 Å². The number of pyridine rings is 1. The lowest BCUT2D eigenvalue weighted by Gasteiger charge is -2.22. The SMILES string of the molecule is Cn1cnc2ccc(-c3nc4ccc5[nH]ncc5c4c4c3CCCC4)cc21. The van der Waals surface area contributed by atoms with E-state index in [9.17, 15) is 0 Å². The van der Waals surface area contributed by atoms with Gasteiger partial charge in [-0.15, -0.1) is 0 Å². The van der Waals surface area contributed by atoms with Crippen LogP contribution in [0.1, 0.15) is 24.0 Å². The highest BCUT2D eigenvalue weighted by Crippen LogP contribution is 2.38. The Morgan fingerprint density at radius 3 is 2.78 bits per heavy atom. The predicted octanol–water partition coefficient (Wildman–Crippen LogP) is 4.54. The maximum atomic E-state index is 5.14. The second-order valence-electron chi connectivity index (χ2n) is 7.47. The van der Waals surface area contributed by atoms with Crippen LogP contribution in [-0.4, -0.2) is 24.7 Å². The molecule has 0 atom stereocenters. The molecule has 132 valence electrons. The smallest absolute Gasteiger partial charge is 0.0955 e. The van der Waals surface area contributed by atoms with Crippen molar-refractivity contribution < 1.29 is 0 Å². The molecule has 0 bridgehead atoms. The Morgan fingerprint density at radius 1 is 1.00 bits per heavy atom. The van der Waals surface area contributed by atoms with E-state index in [-0.39, 0.29) is 0 Å². The fourth-order valence-corrected chi connectivity index (χ4v) is 4.56. The van der Waals surface area contributed by atoms with Crippen molar-refractivity contribution in [1.82, 2.24) is 24.7 Å². The van der Waals surface area contributed by atoms with E-state index in [1.165, 1.54) is 40.3 Å². The van der Waals surface area contributed by atoms with Crippen LogP contribution in [0.2, 0.25) is 0 Å². The normalized spacial score (nSPS) is 14.3. The number of nitrogens with one attached hydrogen (secondary N) is 1. The van der Waals surface area contributed by atoms with E-state index >= 15 is 0 Å². The van der Waals surface area contributed by atoms with E-state index in [2.05, 4.69) is 50.1 Å². The topological polar surface area (TPSA) is 59.4 Å². The average Bonchev–Trinajstić information content (AvgIpc) is 3.33. The first kappa shape index (κ1) is 14.9. The van der Waals surface area contributed by atoms with Gasteiger partial charge in [0.05, 0.1) is 40.3 Å². The summed E-state index contributed by atoms with van der Waals surface area (Å²) in [5.74, 6) is 0. The Balaban J connectivity index is 1.71. The highest BCUT2D eigenvalue weighted by atomic mass is 15.1. The number of imidazole rings is 1. The van der Waals surface area contributed by atoms with Gasteiger partial charge in [0, 0.05) is 23.4 Å². The quantitative estimate of drug-likeness (QED) is 0.481. The fourth-order valence-electron chi connectivity index (χ4n) is 4.56. The Bertz CT molecular complexity index is 1340. The second kappa shape index (κ2) is 5.39. The zero-order chi connectivity index (χ0) is 18.0. The molecule has 3 heterocycles. The number of fused-ring (bicyclic) bond motifs is 6. The fraction of sp³-hybridized carbons (Fsp3) is 0.227. The minimum Gasteiger partial charge on any atom is -0.334 e. The van der Waals surface area contributed by atoms with Gasteiger partial charge in [-0.1, -0.05) is 6.07 Å². The van der Waals surface area contributed by atoms with Gasteiger partial charge in [-0.25, -0.2) is 9.97 Å². The molecular formula is C22H19N5. The number of aromatic nitrogens is 5. The Labute approximate surface area is 156 Å². The molecule has 0 aliphatic heterocycles. The van der Waals surface area contributed by atoms with Gasteiger partial charge in [0.25, 0.3) is 0 Å². The monoisotopic (exact) mass is 353 g/mol. The van der Waals surface area contributed by atoms with Crippen LogP contribution in [0.4, 0.5) is 0 Å². The molecule has 5 aromatic rings. The summed E-state index contributed by atoms with van der Waals surface area (Å²) in [5, 5.41) is 9.82.